The number of rotatable bonds is 5. The molecule has 1 heterocycles. The maximum Gasteiger partial charge on any atom is 0.0251 e. The largest absolute Gasteiger partial charge is 0.315 e. The van der Waals surface area contributed by atoms with Gasteiger partial charge in [-0.15, -0.1) is 0 Å². The van der Waals surface area contributed by atoms with Crippen molar-refractivity contribution in [1.82, 2.24) is 10.2 Å². The Morgan fingerprint density at radius 3 is 2.40 bits per heavy atom. The zero-order valence-electron chi connectivity index (χ0n) is 14.3. The lowest BCUT2D eigenvalue weighted by Crippen LogP contribution is -2.55. The van der Waals surface area contributed by atoms with E-state index in [0.717, 1.165) is 18.0 Å². The van der Waals surface area contributed by atoms with E-state index in [2.05, 4.69) is 38.0 Å². The van der Waals surface area contributed by atoms with Crippen LogP contribution in [0.25, 0.3) is 0 Å². The third kappa shape index (κ3) is 3.76. The molecule has 1 aliphatic heterocycles. The second-order valence-electron chi connectivity index (χ2n) is 7.63. The van der Waals surface area contributed by atoms with E-state index in [1.807, 2.05) is 0 Å². The van der Waals surface area contributed by atoms with Crippen molar-refractivity contribution in [1.29, 1.82) is 0 Å². The number of hydrogen-bond acceptors (Lipinski definition) is 2. The van der Waals surface area contributed by atoms with E-state index < -0.39 is 0 Å². The SMILES string of the molecule is CCCC1CCC(NC)C(N2CCC(C)(CC)CC2)C1. The maximum atomic E-state index is 3.61. The molecular formula is C18H36N2. The molecule has 1 saturated carbocycles. The Labute approximate surface area is 126 Å². The summed E-state index contributed by atoms with van der Waals surface area (Å²) in [6.07, 6.45) is 11.2. The lowest BCUT2D eigenvalue weighted by molar-refractivity contribution is 0.0378. The molecule has 0 aromatic rings. The Morgan fingerprint density at radius 1 is 1.15 bits per heavy atom. The van der Waals surface area contributed by atoms with Gasteiger partial charge in [0.25, 0.3) is 0 Å². The highest BCUT2D eigenvalue weighted by atomic mass is 15.2. The topological polar surface area (TPSA) is 15.3 Å². The summed E-state index contributed by atoms with van der Waals surface area (Å²) in [5, 5.41) is 3.61. The van der Waals surface area contributed by atoms with Crippen molar-refractivity contribution in [2.45, 2.75) is 84.2 Å². The number of hydrogen-bond donors (Lipinski definition) is 1. The normalized spacial score (nSPS) is 35.1. The predicted octanol–water partition coefficient (Wildman–Crippen LogP) is 4.06. The van der Waals surface area contributed by atoms with Crippen LogP contribution in [0.5, 0.6) is 0 Å². The van der Waals surface area contributed by atoms with Crippen molar-refractivity contribution in [2.24, 2.45) is 11.3 Å². The zero-order valence-corrected chi connectivity index (χ0v) is 14.3. The molecule has 2 fully saturated rings. The molecule has 20 heavy (non-hydrogen) atoms. The third-order valence-corrected chi connectivity index (χ3v) is 6.32. The number of nitrogens with zero attached hydrogens (tertiary/aromatic N) is 1. The van der Waals surface area contributed by atoms with Gasteiger partial charge in [0.05, 0.1) is 0 Å². The Morgan fingerprint density at radius 2 is 1.85 bits per heavy atom. The van der Waals surface area contributed by atoms with E-state index in [0.29, 0.717) is 5.41 Å². The fourth-order valence-electron chi connectivity index (χ4n) is 4.39. The molecule has 1 N–H and O–H groups in total. The van der Waals surface area contributed by atoms with Gasteiger partial charge in [0.2, 0.25) is 0 Å². The van der Waals surface area contributed by atoms with Crippen LogP contribution in [-0.2, 0) is 0 Å². The van der Waals surface area contributed by atoms with Gasteiger partial charge in [-0.2, -0.15) is 0 Å². The molecule has 3 atom stereocenters. The smallest absolute Gasteiger partial charge is 0.0251 e. The summed E-state index contributed by atoms with van der Waals surface area (Å²) in [5.41, 5.74) is 0.614. The Balaban J connectivity index is 1.94. The van der Waals surface area contributed by atoms with Crippen LogP contribution >= 0.6 is 0 Å². The molecule has 1 saturated heterocycles. The lowest BCUT2D eigenvalue weighted by atomic mass is 9.75. The van der Waals surface area contributed by atoms with E-state index in [9.17, 15) is 0 Å². The molecule has 2 rings (SSSR count). The molecule has 1 aliphatic carbocycles. The minimum absolute atomic E-state index is 0.614. The van der Waals surface area contributed by atoms with Crippen LogP contribution in [0.15, 0.2) is 0 Å². The molecule has 3 unspecified atom stereocenters. The van der Waals surface area contributed by atoms with Crippen molar-refractivity contribution >= 4 is 0 Å². The molecule has 2 nitrogen and oxygen atoms in total. The van der Waals surface area contributed by atoms with E-state index in [1.165, 1.54) is 64.5 Å². The molecule has 0 radical (unpaired) electrons. The Bertz CT molecular complexity index is 281. The summed E-state index contributed by atoms with van der Waals surface area (Å²) >= 11 is 0. The summed E-state index contributed by atoms with van der Waals surface area (Å²) in [7, 11) is 2.16. The first-order valence-electron chi connectivity index (χ1n) is 9.03. The number of nitrogens with one attached hydrogen (secondary N) is 1. The summed E-state index contributed by atoms with van der Waals surface area (Å²) < 4.78 is 0. The van der Waals surface area contributed by atoms with Gasteiger partial charge < -0.3 is 5.32 Å². The van der Waals surface area contributed by atoms with Gasteiger partial charge >= 0.3 is 0 Å². The molecule has 0 aromatic carbocycles. The first-order valence-corrected chi connectivity index (χ1v) is 9.03. The highest BCUT2D eigenvalue weighted by Crippen LogP contribution is 2.38. The third-order valence-electron chi connectivity index (χ3n) is 6.32. The molecule has 118 valence electrons. The molecule has 0 aromatic heterocycles. The Hall–Kier alpha value is -0.0800. The maximum absolute atomic E-state index is 3.61. The molecule has 0 spiro atoms. The molecule has 0 amide bonds. The van der Waals surface area contributed by atoms with Gasteiger partial charge in [-0.3, -0.25) is 4.90 Å². The van der Waals surface area contributed by atoms with E-state index in [4.69, 9.17) is 0 Å². The van der Waals surface area contributed by atoms with Gasteiger partial charge in [-0.25, -0.2) is 0 Å². The van der Waals surface area contributed by atoms with E-state index >= 15 is 0 Å². The van der Waals surface area contributed by atoms with Crippen molar-refractivity contribution in [2.75, 3.05) is 20.1 Å². The molecular weight excluding hydrogens is 244 g/mol. The fraction of sp³-hybridized carbons (Fsp3) is 1.00. The lowest BCUT2D eigenvalue weighted by Gasteiger charge is -2.47. The second kappa shape index (κ2) is 7.26. The average Bonchev–Trinajstić information content (AvgIpc) is 2.48. The van der Waals surface area contributed by atoms with Crippen molar-refractivity contribution < 1.29 is 0 Å². The van der Waals surface area contributed by atoms with Crippen LogP contribution < -0.4 is 5.32 Å². The first-order chi connectivity index (χ1) is 9.61. The summed E-state index contributed by atoms with van der Waals surface area (Å²) in [4.78, 5) is 2.82. The Kier molecular flexibility index (Phi) is 5.92. The van der Waals surface area contributed by atoms with Crippen LogP contribution in [0, 0.1) is 11.3 Å². The summed E-state index contributed by atoms with van der Waals surface area (Å²) in [6.45, 7) is 9.84. The first kappa shape index (κ1) is 16.3. The standard InChI is InChI=1S/C18H36N2/c1-5-7-15-8-9-16(19-4)17(14-15)20-12-10-18(3,6-2)11-13-20/h15-17,19H,5-14H2,1-4H3. The monoisotopic (exact) mass is 280 g/mol. The zero-order chi connectivity index (χ0) is 14.6. The van der Waals surface area contributed by atoms with Crippen LogP contribution in [0.3, 0.4) is 0 Å². The van der Waals surface area contributed by atoms with Crippen molar-refractivity contribution in [3.05, 3.63) is 0 Å². The van der Waals surface area contributed by atoms with Crippen molar-refractivity contribution in [3.63, 3.8) is 0 Å². The summed E-state index contributed by atoms with van der Waals surface area (Å²) in [6, 6.07) is 1.53. The number of likely N-dealkylation sites (tertiary alicyclic amines) is 1. The van der Waals surface area contributed by atoms with Crippen LogP contribution in [-0.4, -0.2) is 37.1 Å². The molecule has 0 bridgehead atoms. The van der Waals surface area contributed by atoms with Gasteiger partial charge in [0, 0.05) is 12.1 Å². The van der Waals surface area contributed by atoms with E-state index in [-0.39, 0.29) is 0 Å². The number of piperidine rings is 1. The highest BCUT2D eigenvalue weighted by Gasteiger charge is 2.37. The second-order valence-corrected chi connectivity index (χ2v) is 7.63. The van der Waals surface area contributed by atoms with Gasteiger partial charge in [-0.1, -0.05) is 40.0 Å². The number of likely N-dealkylation sites (N-methyl/N-ethyl adjacent to an activating group) is 1. The van der Waals surface area contributed by atoms with Crippen LogP contribution in [0.4, 0.5) is 0 Å². The quantitative estimate of drug-likeness (QED) is 0.817. The van der Waals surface area contributed by atoms with Crippen LogP contribution in [0.2, 0.25) is 0 Å². The van der Waals surface area contributed by atoms with E-state index in [1.54, 1.807) is 0 Å². The van der Waals surface area contributed by atoms with Crippen molar-refractivity contribution in [3.8, 4) is 0 Å². The minimum Gasteiger partial charge on any atom is -0.315 e. The average molecular weight is 280 g/mol. The van der Waals surface area contributed by atoms with Crippen LogP contribution in [0.1, 0.15) is 72.1 Å². The predicted molar refractivity (Wildman–Crippen MR) is 88.1 cm³/mol. The van der Waals surface area contributed by atoms with Gasteiger partial charge in [0.1, 0.15) is 0 Å². The summed E-state index contributed by atoms with van der Waals surface area (Å²) in [5.74, 6) is 0.981. The molecule has 2 aliphatic rings. The van der Waals surface area contributed by atoms with Gasteiger partial charge in [-0.05, 0) is 63.6 Å². The molecule has 2 heteroatoms. The minimum atomic E-state index is 0.614. The fourth-order valence-corrected chi connectivity index (χ4v) is 4.39. The highest BCUT2D eigenvalue weighted by molar-refractivity contribution is 4.93. The van der Waals surface area contributed by atoms with Gasteiger partial charge in [0.15, 0.2) is 0 Å².